The predicted molar refractivity (Wildman–Crippen MR) is 117 cm³/mol. The van der Waals surface area contributed by atoms with Crippen LogP contribution in [0.4, 0.5) is 5.69 Å². The Morgan fingerprint density at radius 3 is 2.48 bits per heavy atom. The number of imidazole rings is 1. The van der Waals surface area contributed by atoms with E-state index < -0.39 is 0 Å². The number of rotatable bonds is 5. The summed E-state index contributed by atoms with van der Waals surface area (Å²) in [6.45, 7) is 9.56. The van der Waals surface area contributed by atoms with Gasteiger partial charge in [0.15, 0.2) is 0 Å². The molecule has 1 amide bonds. The smallest absolute Gasteiger partial charge is 0.255 e. The minimum absolute atomic E-state index is 0.106. The van der Waals surface area contributed by atoms with E-state index in [1.807, 2.05) is 42.5 Å². The monoisotopic (exact) mass is 391 g/mol. The summed E-state index contributed by atoms with van der Waals surface area (Å²) in [5, 5.41) is 2.99. The summed E-state index contributed by atoms with van der Waals surface area (Å²) in [5.41, 5.74) is 3.46. The highest BCUT2D eigenvalue weighted by molar-refractivity contribution is 6.04. The Bertz CT molecular complexity index is 987. The highest BCUT2D eigenvalue weighted by Crippen LogP contribution is 2.25. The molecule has 2 aromatic carbocycles. The molecule has 3 aromatic rings. The number of nitrogens with one attached hydrogen (secondary N) is 1. The van der Waals surface area contributed by atoms with Gasteiger partial charge in [-0.15, -0.1) is 0 Å². The minimum Gasteiger partial charge on any atom is -0.324 e. The third-order valence-corrected chi connectivity index (χ3v) is 5.53. The summed E-state index contributed by atoms with van der Waals surface area (Å²) in [6.07, 6.45) is 0. The van der Waals surface area contributed by atoms with Crippen LogP contribution >= 0.6 is 0 Å². The number of fused-ring (bicyclic) bond motifs is 1. The zero-order valence-electron chi connectivity index (χ0n) is 17.4. The summed E-state index contributed by atoms with van der Waals surface area (Å²) in [4.78, 5) is 22.3. The number of anilines is 1. The zero-order chi connectivity index (χ0) is 20.4. The van der Waals surface area contributed by atoms with Crippen molar-refractivity contribution >= 4 is 22.6 Å². The van der Waals surface area contributed by atoms with E-state index in [-0.39, 0.29) is 5.91 Å². The number of likely N-dealkylation sites (N-methyl/N-ethyl adjacent to an activating group) is 1. The van der Waals surface area contributed by atoms with Crippen molar-refractivity contribution in [1.29, 1.82) is 0 Å². The molecule has 1 saturated heterocycles. The lowest BCUT2D eigenvalue weighted by molar-refractivity contribution is 0.102. The van der Waals surface area contributed by atoms with Gasteiger partial charge >= 0.3 is 0 Å². The third-order valence-electron chi connectivity index (χ3n) is 5.53. The lowest BCUT2D eigenvalue weighted by Gasteiger charge is -2.32. The topological polar surface area (TPSA) is 53.4 Å². The van der Waals surface area contributed by atoms with Crippen LogP contribution in [0.1, 0.15) is 36.1 Å². The first kappa shape index (κ1) is 19.6. The first-order valence-corrected chi connectivity index (χ1v) is 10.3. The molecule has 0 aliphatic carbocycles. The highest BCUT2D eigenvalue weighted by Gasteiger charge is 2.19. The number of benzene rings is 2. The summed E-state index contributed by atoms with van der Waals surface area (Å²) in [7, 11) is 2.17. The number of aromatic nitrogens is 2. The van der Waals surface area contributed by atoms with Gasteiger partial charge in [-0.1, -0.05) is 18.2 Å². The number of hydrogen-bond donors (Lipinski definition) is 1. The molecule has 0 unspecified atom stereocenters. The van der Waals surface area contributed by atoms with Gasteiger partial charge in [-0.3, -0.25) is 9.69 Å². The summed E-state index contributed by atoms with van der Waals surface area (Å²) < 4.78 is 2.32. The molecule has 1 aliphatic heterocycles. The predicted octanol–water partition coefficient (Wildman–Crippen LogP) is 3.62. The quantitative estimate of drug-likeness (QED) is 0.722. The van der Waals surface area contributed by atoms with Crippen molar-refractivity contribution in [2.75, 3.05) is 38.5 Å². The molecular weight excluding hydrogens is 362 g/mol. The van der Waals surface area contributed by atoms with E-state index in [0.717, 1.165) is 55.3 Å². The van der Waals surface area contributed by atoms with E-state index >= 15 is 0 Å². The van der Waals surface area contributed by atoms with Crippen molar-refractivity contribution in [3.8, 4) is 0 Å². The molecule has 6 heteroatoms. The Kier molecular flexibility index (Phi) is 5.65. The standard InChI is InChI=1S/C23H29N5O/c1-17(2)28-21-10-9-19(24-23(29)18-7-5-4-6-8-18)15-20(21)25-22(28)16-27-13-11-26(3)12-14-27/h4-10,15,17H,11-14,16H2,1-3H3,(H,24,29). The average Bonchev–Trinajstić information content (AvgIpc) is 3.07. The van der Waals surface area contributed by atoms with E-state index in [1.165, 1.54) is 0 Å². The molecule has 1 N–H and O–H groups in total. The van der Waals surface area contributed by atoms with E-state index in [4.69, 9.17) is 4.98 Å². The lowest BCUT2D eigenvalue weighted by atomic mass is 10.2. The van der Waals surface area contributed by atoms with Crippen molar-refractivity contribution in [2.24, 2.45) is 0 Å². The van der Waals surface area contributed by atoms with Gasteiger partial charge in [-0.25, -0.2) is 4.98 Å². The SMILES string of the molecule is CC(C)n1c(CN2CCN(C)CC2)nc2cc(NC(=O)c3ccccc3)ccc21. The van der Waals surface area contributed by atoms with E-state index in [2.05, 4.69) is 46.6 Å². The molecule has 29 heavy (non-hydrogen) atoms. The first-order valence-electron chi connectivity index (χ1n) is 10.3. The van der Waals surface area contributed by atoms with Gasteiger partial charge in [0, 0.05) is 43.5 Å². The maximum absolute atomic E-state index is 12.5. The second-order valence-corrected chi connectivity index (χ2v) is 8.09. The van der Waals surface area contributed by atoms with Gasteiger partial charge in [0.25, 0.3) is 5.91 Å². The van der Waals surface area contributed by atoms with E-state index in [1.54, 1.807) is 0 Å². The van der Waals surface area contributed by atoms with Crippen molar-refractivity contribution in [2.45, 2.75) is 26.4 Å². The largest absolute Gasteiger partial charge is 0.324 e. The maximum Gasteiger partial charge on any atom is 0.255 e. The Morgan fingerprint density at radius 2 is 1.79 bits per heavy atom. The van der Waals surface area contributed by atoms with Gasteiger partial charge < -0.3 is 14.8 Å². The average molecular weight is 392 g/mol. The summed E-state index contributed by atoms with van der Waals surface area (Å²) >= 11 is 0. The number of carbonyl (C=O) groups excluding carboxylic acids is 1. The molecule has 1 aromatic heterocycles. The van der Waals surface area contributed by atoms with Crippen molar-refractivity contribution in [3.63, 3.8) is 0 Å². The van der Waals surface area contributed by atoms with Gasteiger partial charge in [-0.05, 0) is 51.2 Å². The second kappa shape index (κ2) is 8.35. The Morgan fingerprint density at radius 1 is 1.07 bits per heavy atom. The van der Waals surface area contributed by atoms with E-state index in [9.17, 15) is 4.79 Å². The van der Waals surface area contributed by atoms with Crippen LogP contribution in [0, 0.1) is 0 Å². The van der Waals surface area contributed by atoms with Crippen LogP contribution in [0.2, 0.25) is 0 Å². The molecular formula is C23H29N5O. The molecule has 0 atom stereocenters. The van der Waals surface area contributed by atoms with Gasteiger partial charge in [0.2, 0.25) is 0 Å². The molecule has 6 nitrogen and oxygen atoms in total. The van der Waals surface area contributed by atoms with Crippen LogP contribution in [-0.2, 0) is 6.54 Å². The number of piperazine rings is 1. The minimum atomic E-state index is -0.106. The molecule has 0 spiro atoms. The third kappa shape index (κ3) is 4.33. The fraction of sp³-hybridized carbons (Fsp3) is 0.391. The van der Waals surface area contributed by atoms with Crippen LogP contribution in [-0.4, -0.2) is 58.5 Å². The molecule has 0 saturated carbocycles. The molecule has 1 fully saturated rings. The number of hydrogen-bond acceptors (Lipinski definition) is 4. The van der Waals surface area contributed by atoms with Gasteiger partial charge in [-0.2, -0.15) is 0 Å². The number of amides is 1. The fourth-order valence-electron chi connectivity index (χ4n) is 3.91. The van der Waals surface area contributed by atoms with Crippen LogP contribution < -0.4 is 5.32 Å². The molecule has 1 aliphatic rings. The first-order chi connectivity index (χ1) is 14.0. The molecule has 0 bridgehead atoms. The van der Waals surface area contributed by atoms with Crippen LogP contribution in [0.5, 0.6) is 0 Å². The second-order valence-electron chi connectivity index (χ2n) is 8.09. The summed E-state index contributed by atoms with van der Waals surface area (Å²) in [5.74, 6) is 0.983. The number of nitrogens with zero attached hydrogens (tertiary/aromatic N) is 4. The van der Waals surface area contributed by atoms with Crippen LogP contribution in [0.15, 0.2) is 48.5 Å². The van der Waals surface area contributed by atoms with Crippen molar-refractivity contribution < 1.29 is 4.79 Å². The van der Waals surface area contributed by atoms with Crippen molar-refractivity contribution in [1.82, 2.24) is 19.4 Å². The summed E-state index contributed by atoms with van der Waals surface area (Å²) in [6, 6.07) is 15.6. The van der Waals surface area contributed by atoms with Crippen LogP contribution in [0.25, 0.3) is 11.0 Å². The molecule has 4 rings (SSSR count). The van der Waals surface area contributed by atoms with E-state index in [0.29, 0.717) is 11.6 Å². The Labute approximate surface area is 172 Å². The molecule has 0 radical (unpaired) electrons. The number of carbonyl (C=O) groups is 1. The zero-order valence-corrected chi connectivity index (χ0v) is 17.4. The van der Waals surface area contributed by atoms with Gasteiger partial charge in [0.05, 0.1) is 17.6 Å². The molecule has 2 heterocycles. The Hall–Kier alpha value is -2.70. The lowest BCUT2D eigenvalue weighted by Crippen LogP contribution is -2.44. The normalized spacial score (nSPS) is 15.9. The van der Waals surface area contributed by atoms with Crippen LogP contribution in [0.3, 0.4) is 0 Å². The highest BCUT2D eigenvalue weighted by atomic mass is 16.1. The van der Waals surface area contributed by atoms with Gasteiger partial charge in [0.1, 0.15) is 5.82 Å². The molecule has 152 valence electrons. The Balaban J connectivity index is 1.58. The maximum atomic E-state index is 12.5. The van der Waals surface area contributed by atoms with Crippen molar-refractivity contribution in [3.05, 3.63) is 59.9 Å². The fourth-order valence-corrected chi connectivity index (χ4v) is 3.91.